The fourth-order valence-electron chi connectivity index (χ4n) is 2.19. The minimum Gasteiger partial charge on any atom is -0.374 e. The minimum absolute atomic E-state index is 0.0223. The van der Waals surface area contributed by atoms with Gasteiger partial charge in [-0.05, 0) is 43.9 Å². The zero-order chi connectivity index (χ0) is 12.3. The first-order valence-electron chi connectivity index (χ1n) is 6.19. The molecule has 2 rings (SSSR count). The van der Waals surface area contributed by atoms with Gasteiger partial charge in [0.05, 0.1) is 5.60 Å². The normalized spacial score (nSPS) is 24.2. The summed E-state index contributed by atoms with van der Waals surface area (Å²) in [6.45, 7) is 6.84. The molecule has 1 aromatic carbocycles. The van der Waals surface area contributed by atoms with Crippen LogP contribution >= 0.6 is 11.6 Å². The molecular weight excluding hydrogens is 234 g/mol. The largest absolute Gasteiger partial charge is 0.374 e. The summed E-state index contributed by atoms with van der Waals surface area (Å²) in [5.41, 5.74) is 2.37. The van der Waals surface area contributed by atoms with Crippen molar-refractivity contribution >= 4 is 11.6 Å². The molecule has 94 valence electrons. The molecule has 1 aliphatic rings. The van der Waals surface area contributed by atoms with Crippen LogP contribution in [0.4, 0.5) is 0 Å². The van der Waals surface area contributed by atoms with Crippen molar-refractivity contribution in [1.82, 2.24) is 5.32 Å². The molecule has 0 aromatic heterocycles. The second-order valence-corrected chi connectivity index (χ2v) is 5.50. The molecule has 1 heterocycles. The monoisotopic (exact) mass is 253 g/mol. The molecule has 0 amide bonds. The van der Waals surface area contributed by atoms with Gasteiger partial charge in [-0.2, -0.15) is 0 Å². The highest BCUT2D eigenvalue weighted by Crippen LogP contribution is 2.24. The highest BCUT2D eigenvalue weighted by atomic mass is 35.5. The van der Waals surface area contributed by atoms with Gasteiger partial charge >= 0.3 is 0 Å². The molecule has 0 radical (unpaired) electrons. The van der Waals surface area contributed by atoms with E-state index in [4.69, 9.17) is 16.3 Å². The summed E-state index contributed by atoms with van der Waals surface area (Å²) in [6, 6.07) is 6.21. The van der Waals surface area contributed by atoms with Crippen LogP contribution in [0.2, 0.25) is 5.02 Å². The van der Waals surface area contributed by atoms with Crippen LogP contribution in [-0.2, 0) is 11.3 Å². The number of hydrogen-bond donors (Lipinski definition) is 1. The lowest BCUT2D eigenvalue weighted by Crippen LogP contribution is -2.36. The Morgan fingerprint density at radius 2 is 2.29 bits per heavy atom. The van der Waals surface area contributed by atoms with E-state index in [1.807, 2.05) is 13.0 Å². The van der Waals surface area contributed by atoms with E-state index in [2.05, 4.69) is 24.4 Å². The number of aryl methyl sites for hydroxylation is 1. The van der Waals surface area contributed by atoms with Gasteiger partial charge in [-0.1, -0.05) is 23.7 Å². The Labute approximate surface area is 108 Å². The van der Waals surface area contributed by atoms with E-state index in [0.717, 1.165) is 36.7 Å². The molecule has 1 fully saturated rings. The molecule has 0 aliphatic carbocycles. The number of hydrogen-bond acceptors (Lipinski definition) is 2. The van der Waals surface area contributed by atoms with Crippen LogP contribution in [-0.4, -0.2) is 18.8 Å². The van der Waals surface area contributed by atoms with Crippen molar-refractivity contribution in [1.29, 1.82) is 0 Å². The predicted octanol–water partition coefficient (Wildman–Crippen LogP) is 3.31. The lowest BCUT2D eigenvalue weighted by molar-refractivity contribution is 0.0207. The first kappa shape index (κ1) is 12.9. The number of halogens is 1. The molecule has 0 bridgehead atoms. The Bertz CT molecular complexity index is 386. The standard InChI is InChI=1S/C14H20ClNO/c1-11-4-5-12(8-13(11)15)9-16-10-14(2)6-3-7-17-14/h4-5,8,16H,3,6-7,9-10H2,1-2H3. The third-order valence-electron chi connectivity index (χ3n) is 3.36. The summed E-state index contributed by atoms with van der Waals surface area (Å²) in [7, 11) is 0. The zero-order valence-corrected chi connectivity index (χ0v) is 11.3. The number of nitrogens with one attached hydrogen (secondary N) is 1. The van der Waals surface area contributed by atoms with Crippen molar-refractivity contribution in [3.8, 4) is 0 Å². The highest BCUT2D eigenvalue weighted by molar-refractivity contribution is 6.31. The zero-order valence-electron chi connectivity index (χ0n) is 10.6. The second kappa shape index (κ2) is 5.38. The molecule has 1 saturated heterocycles. The highest BCUT2D eigenvalue weighted by Gasteiger charge is 2.28. The van der Waals surface area contributed by atoms with Gasteiger partial charge in [-0.15, -0.1) is 0 Å². The SMILES string of the molecule is Cc1ccc(CNCC2(C)CCCO2)cc1Cl. The van der Waals surface area contributed by atoms with E-state index < -0.39 is 0 Å². The van der Waals surface area contributed by atoms with Crippen molar-refractivity contribution in [2.24, 2.45) is 0 Å². The maximum Gasteiger partial charge on any atom is 0.0779 e. The quantitative estimate of drug-likeness (QED) is 0.889. The van der Waals surface area contributed by atoms with Crippen LogP contribution < -0.4 is 5.32 Å². The third kappa shape index (κ3) is 3.44. The Hall–Kier alpha value is -0.570. The molecule has 1 N–H and O–H groups in total. The molecule has 0 saturated carbocycles. The average molecular weight is 254 g/mol. The van der Waals surface area contributed by atoms with E-state index in [0.29, 0.717) is 0 Å². The van der Waals surface area contributed by atoms with Crippen LogP contribution in [0.1, 0.15) is 30.9 Å². The van der Waals surface area contributed by atoms with Crippen LogP contribution in [0.25, 0.3) is 0 Å². The van der Waals surface area contributed by atoms with Crippen molar-refractivity contribution in [2.45, 2.75) is 38.8 Å². The molecule has 17 heavy (non-hydrogen) atoms. The number of rotatable bonds is 4. The van der Waals surface area contributed by atoms with Crippen LogP contribution in [0.3, 0.4) is 0 Å². The maximum atomic E-state index is 6.09. The Morgan fingerprint density at radius 1 is 1.47 bits per heavy atom. The van der Waals surface area contributed by atoms with Crippen LogP contribution in [0.15, 0.2) is 18.2 Å². The summed E-state index contributed by atoms with van der Waals surface area (Å²) < 4.78 is 5.73. The smallest absolute Gasteiger partial charge is 0.0779 e. The van der Waals surface area contributed by atoms with E-state index in [1.165, 1.54) is 12.0 Å². The predicted molar refractivity (Wildman–Crippen MR) is 71.5 cm³/mol. The lowest BCUT2D eigenvalue weighted by atomic mass is 10.0. The summed E-state index contributed by atoms with van der Waals surface area (Å²) in [6.07, 6.45) is 2.32. The van der Waals surface area contributed by atoms with E-state index in [-0.39, 0.29) is 5.60 Å². The fourth-order valence-corrected chi connectivity index (χ4v) is 2.40. The number of ether oxygens (including phenoxy) is 1. The minimum atomic E-state index is 0.0223. The van der Waals surface area contributed by atoms with Gasteiger partial charge in [0.1, 0.15) is 0 Å². The molecule has 2 nitrogen and oxygen atoms in total. The topological polar surface area (TPSA) is 21.3 Å². The summed E-state index contributed by atoms with van der Waals surface area (Å²) in [4.78, 5) is 0. The first-order valence-corrected chi connectivity index (χ1v) is 6.57. The van der Waals surface area contributed by atoms with Crippen molar-refractivity contribution in [3.63, 3.8) is 0 Å². The van der Waals surface area contributed by atoms with Crippen molar-refractivity contribution in [2.75, 3.05) is 13.2 Å². The van der Waals surface area contributed by atoms with Crippen LogP contribution in [0, 0.1) is 6.92 Å². The number of benzene rings is 1. The van der Waals surface area contributed by atoms with E-state index >= 15 is 0 Å². The third-order valence-corrected chi connectivity index (χ3v) is 3.77. The van der Waals surface area contributed by atoms with Crippen molar-refractivity contribution < 1.29 is 4.74 Å². The van der Waals surface area contributed by atoms with Gasteiger partial charge in [0.25, 0.3) is 0 Å². The van der Waals surface area contributed by atoms with Gasteiger partial charge < -0.3 is 10.1 Å². The van der Waals surface area contributed by atoms with E-state index in [1.54, 1.807) is 0 Å². The summed E-state index contributed by atoms with van der Waals surface area (Å²) >= 11 is 6.09. The van der Waals surface area contributed by atoms with Gasteiger partial charge in [0.2, 0.25) is 0 Å². The molecule has 1 atom stereocenters. The molecule has 1 unspecified atom stereocenters. The van der Waals surface area contributed by atoms with E-state index in [9.17, 15) is 0 Å². The first-order chi connectivity index (χ1) is 8.09. The molecule has 1 aliphatic heterocycles. The molecule has 0 spiro atoms. The Morgan fingerprint density at radius 3 is 2.94 bits per heavy atom. The van der Waals surface area contributed by atoms with Gasteiger partial charge in [-0.3, -0.25) is 0 Å². The van der Waals surface area contributed by atoms with Gasteiger partial charge in [0.15, 0.2) is 0 Å². The Kier molecular flexibility index (Phi) is 4.08. The Balaban J connectivity index is 1.83. The van der Waals surface area contributed by atoms with Crippen molar-refractivity contribution in [3.05, 3.63) is 34.3 Å². The van der Waals surface area contributed by atoms with Gasteiger partial charge in [-0.25, -0.2) is 0 Å². The molecule has 3 heteroatoms. The summed E-state index contributed by atoms with van der Waals surface area (Å²) in [5, 5.41) is 4.29. The average Bonchev–Trinajstić information content (AvgIpc) is 2.71. The summed E-state index contributed by atoms with van der Waals surface area (Å²) in [5.74, 6) is 0. The van der Waals surface area contributed by atoms with Gasteiger partial charge in [0, 0.05) is 24.7 Å². The second-order valence-electron chi connectivity index (χ2n) is 5.09. The lowest BCUT2D eigenvalue weighted by Gasteiger charge is -2.23. The maximum absolute atomic E-state index is 6.09. The fraction of sp³-hybridized carbons (Fsp3) is 0.571. The molecular formula is C14H20ClNO. The molecule has 1 aromatic rings. The van der Waals surface area contributed by atoms with Crippen LogP contribution in [0.5, 0.6) is 0 Å².